The molecule has 4 atom stereocenters. The smallest absolute Gasteiger partial charge is 0.328 e. The first-order valence-electron chi connectivity index (χ1n) is 9.61. The molecule has 2 fully saturated rings. The van der Waals surface area contributed by atoms with Crippen molar-refractivity contribution < 1.29 is 19.5 Å². The van der Waals surface area contributed by atoms with E-state index < -0.39 is 29.8 Å². The SMILES string of the molecule is Cc1ccc(C#Cc2ccc(CN3OC([C@H](C)O)[C@@]4(N)COC(=O)[C@@H]34)cc2)cc1. The van der Waals surface area contributed by atoms with Crippen molar-refractivity contribution in [3.8, 4) is 11.8 Å². The zero-order valence-electron chi connectivity index (χ0n) is 16.5. The number of nitrogens with two attached hydrogens (primary N) is 1. The molecule has 6 heteroatoms. The minimum absolute atomic E-state index is 0.0378. The Morgan fingerprint density at radius 2 is 1.76 bits per heavy atom. The summed E-state index contributed by atoms with van der Waals surface area (Å²) in [4.78, 5) is 18.0. The van der Waals surface area contributed by atoms with Crippen molar-refractivity contribution >= 4 is 5.97 Å². The molecular formula is C23H24N2O4. The fourth-order valence-electron chi connectivity index (χ4n) is 3.82. The zero-order valence-corrected chi connectivity index (χ0v) is 16.5. The maximum absolute atomic E-state index is 12.2. The monoisotopic (exact) mass is 392 g/mol. The highest BCUT2D eigenvalue weighted by Crippen LogP contribution is 2.37. The van der Waals surface area contributed by atoms with E-state index in [0.29, 0.717) is 6.54 Å². The Morgan fingerprint density at radius 1 is 1.17 bits per heavy atom. The van der Waals surface area contributed by atoms with Crippen molar-refractivity contribution in [3.05, 3.63) is 70.8 Å². The Morgan fingerprint density at radius 3 is 2.34 bits per heavy atom. The van der Waals surface area contributed by atoms with Crippen LogP contribution in [0.4, 0.5) is 0 Å². The molecule has 0 bridgehead atoms. The summed E-state index contributed by atoms with van der Waals surface area (Å²) in [7, 11) is 0. The van der Waals surface area contributed by atoms with Crippen LogP contribution < -0.4 is 5.73 Å². The second-order valence-electron chi connectivity index (χ2n) is 7.78. The Kier molecular flexibility index (Phi) is 5.15. The molecule has 150 valence electrons. The van der Waals surface area contributed by atoms with Gasteiger partial charge >= 0.3 is 5.97 Å². The van der Waals surface area contributed by atoms with Gasteiger partial charge in [-0.1, -0.05) is 41.7 Å². The number of carbonyl (C=O) groups excluding carboxylic acids is 1. The van der Waals surface area contributed by atoms with E-state index in [1.54, 1.807) is 6.92 Å². The van der Waals surface area contributed by atoms with Gasteiger partial charge in [-0.05, 0) is 43.7 Å². The van der Waals surface area contributed by atoms with Gasteiger partial charge in [0.25, 0.3) is 0 Å². The number of aliphatic hydroxyl groups is 1. The third-order valence-corrected chi connectivity index (χ3v) is 5.40. The molecule has 2 aliphatic heterocycles. The van der Waals surface area contributed by atoms with Crippen LogP contribution in [0.15, 0.2) is 48.5 Å². The topological polar surface area (TPSA) is 85.0 Å². The number of cyclic esters (lactones) is 1. The summed E-state index contributed by atoms with van der Waals surface area (Å²) in [5.41, 5.74) is 9.34. The maximum atomic E-state index is 12.2. The molecule has 6 nitrogen and oxygen atoms in total. The molecule has 2 aromatic rings. The number of aryl methyl sites for hydroxylation is 1. The first kappa shape index (κ1) is 19.6. The Labute approximate surface area is 170 Å². The van der Waals surface area contributed by atoms with Crippen LogP contribution in [0.5, 0.6) is 0 Å². The molecule has 3 N–H and O–H groups in total. The molecule has 0 aromatic heterocycles. The fraction of sp³-hybridized carbons (Fsp3) is 0.348. The van der Waals surface area contributed by atoms with E-state index in [1.807, 2.05) is 55.5 Å². The van der Waals surface area contributed by atoms with Gasteiger partial charge in [0.2, 0.25) is 0 Å². The van der Waals surface area contributed by atoms with Gasteiger partial charge in [-0.2, -0.15) is 5.06 Å². The van der Waals surface area contributed by atoms with Crippen molar-refractivity contribution in [2.24, 2.45) is 5.73 Å². The number of hydroxylamine groups is 2. The molecule has 29 heavy (non-hydrogen) atoms. The van der Waals surface area contributed by atoms with E-state index in [2.05, 4.69) is 11.8 Å². The number of ether oxygens (including phenoxy) is 1. The molecular weight excluding hydrogens is 368 g/mol. The number of fused-ring (bicyclic) bond motifs is 1. The van der Waals surface area contributed by atoms with Crippen LogP contribution in [0.2, 0.25) is 0 Å². The van der Waals surface area contributed by atoms with Gasteiger partial charge in [0.05, 0.1) is 12.6 Å². The van der Waals surface area contributed by atoms with Crippen LogP contribution in [-0.2, 0) is 20.9 Å². The lowest BCUT2D eigenvalue weighted by atomic mass is 9.86. The number of rotatable bonds is 3. The summed E-state index contributed by atoms with van der Waals surface area (Å²) in [6.07, 6.45) is -1.51. The van der Waals surface area contributed by atoms with Gasteiger partial charge in [-0.25, -0.2) is 0 Å². The molecule has 4 rings (SSSR count). The highest BCUT2D eigenvalue weighted by atomic mass is 16.7. The molecule has 0 amide bonds. The molecule has 2 aromatic carbocycles. The summed E-state index contributed by atoms with van der Waals surface area (Å²) in [6.45, 7) is 4.04. The van der Waals surface area contributed by atoms with Crippen LogP contribution in [0.25, 0.3) is 0 Å². The summed E-state index contributed by atoms with van der Waals surface area (Å²) in [5.74, 6) is 5.88. The summed E-state index contributed by atoms with van der Waals surface area (Å²) in [6, 6.07) is 15.1. The Bertz CT molecular complexity index is 959. The van der Waals surface area contributed by atoms with E-state index >= 15 is 0 Å². The van der Waals surface area contributed by atoms with E-state index in [1.165, 1.54) is 10.6 Å². The lowest BCUT2D eigenvalue weighted by Gasteiger charge is -2.26. The number of hydrogen-bond donors (Lipinski definition) is 2. The van der Waals surface area contributed by atoms with E-state index in [-0.39, 0.29) is 6.61 Å². The predicted molar refractivity (Wildman–Crippen MR) is 107 cm³/mol. The van der Waals surface area contributed by atoms with Crippen molar-refractivity contribution in [3.63, 3.8) is 0 Å². The van der Waals surface area contributed by atoms with E-state index in [0.717, 1.165) is 16.7 Å². The third kappa shape index (κ3) is 3.78. The number of benzene rings is 2. The second-order valence-corrected chi connectivity index (χ2v) is 7.78. The number of hydrogen-bond acceptors (Lipinski definition) is 6. The molecule has 2 saturated heterocycles. The third-order valence-electron chi connectivity index (χ3n) is 5.40. The van der Waals surface area contributed by atoms with Gasteiger partial charge in [0.1, 0.15) is 18.2 Å². The predicted octanol–water partition coefficient (Wildman–Crippen LogP) is 1.51. The second kappa shape index (κ2) is 7.62. The molecule has 1 unspecified atom stereocenters. The Hall–Kier alpha value is -2.69. The normalized spacial score (nSPS) is 27.1. The van der Waals surface area contributed by atoms with Crippen LogP contribution in [-0.4, -0.2) is 46.5 Å². The summed E-state index contributed by atoms with van der Waals surface area (Å²) >= 11 is 0. The number of aliphatic hydroxyl groups excluding tert-OH is 1. The van der Waals surface area contributed by atoms with Gasteiger partial charge in [0, 0.05) is 11.1 Å². The van der Waals surface area contributed by atoms with Gasteiger partial charge in [-0.3, -0.25) is 9.63 Å². The lowest BCUT2D eigenvalue weighted by Crippen LogP contribution is -2.59. The first-order valence-corrected chi connectivity index (χ1v) is 9.61. The van der Waals surface area contributed by atoms with E-state index in [4.69, 9.17) is 15.3 Å². The molecule has 0 aliphatic carbocycles. The standard InChI is InChI=1S/C23H24N2O4/c1-15-3-5-17(6-4-15)7-8-18-9-11-19(12-10-18)13-25-20-22(27)28-14-23(20,24)21(29-25)16(2)26/h3-6,9-12,16,20-21,26H,13-14,24H2,1-2H3/t16-,20+,21?,23+/m0/s1. The summed E-state index contributed by atoms with van der Waals surface area (Å²) in [5, 5.41) is 11.6. The number of esters is 1. The quantitative estimate of drug-likeness (QED) is 0.609. The average Bonchev–Trinajstić information content (AvgIpc) is 3.16. The van der Waals surface area contributed by atoms with Crippen molar-refractivity contribution in [1.29, 1.82) is 0 Å². The molecule has 2 aliphatic rings. The van der Waals surface area contributed by atoms with Gasteiger partial charge in [-0.15, -0.1) is 0 Å². The lowest BCUT2D eigenvalue weighted by molar-refractivity contribution is -0.202. The van der Waals surface area contributed by atoms with Crippen molar-refractivity contribution in [1.82, 2.24) is 5.06 Å². The van der Waals surface area contributed by atoms with Crippen molar-refractivity contribution in [2.45, 2.75) is 44.2 Å². The molecule has 2 heterocycles. The van der Waals surface area contributed by atoms with Crippen molar-refractivity contribution in [2.75, 3.05) is 6.61 Å². The number of carbonyl (C=O) groups is 1. The van der Waals surface area contributed by atoms with Gasteiger partial charge < -0.3 is 15.6 Å². The van der Waals surface area contributed by atoms with Crippen LogP contribution in [0.1, 0.15) is 29.2 Å². The number of nitrogens with zero attached hydrogens (tertiary/aromatic N) is 1. The van der Waals surface area contributed by atoms with Crippen LogP contribution >= 0.6 is 0 Å². The van der Waals surface area contributed by atoms with Gasteiger partial charge in [0.15, 0.2) is 6.04 Å². The Balaban J connectivity index is 1.48. The average molecular weight is 392 g/mol. The molecule has 0 saturated carbocycles. The maximum Gasteiger partial charge on any atom is 0.328 e. The minimum atomic E-state index is -1.05. The zero-order chi connectivity index (χ0) is 20.6. The van der Waals surface area contributed by atoms with Crippen LogP contribution in [0.3, 0.4) is 0 Å². The largest absolute Gasteiger partial charge is 0.462 e. The first-order chi connectivity index (χ1) is 13.9. The molecule has 0 radical (unpaired) electrons. The van der Waals surface area contributed by atoms with Crippen LogP contribution in [0, 0.1) is 18.8 Å². The van der Waals surface area contributed by atoms with E-state index in [9.17, 15) is 9.90 Å². The fourth-order valence-corrected chi connectivity index (χ4v) is 3.82. The highest BCUT2D eigenvalue weighted by molar-refractivity contribution is 5.80. The molecule has 0 spiro atoms. The summed E-state index contributed by atoms with van der Waals surface area (Å²) < 4.78 is 5.16. The minimum Gasteiger partial charge on any atom is -0.462 e. The highest BCUT2D eigenvalue weighted by Gasteiger charge is 2.63.